The van der Waals surface area contributed by atoms with E-state index < -0.39 is 0 Å². The van der Waals surface area contributed by atoms with Crippen LogP contribution in [-0.4, -0.2) is 7.11 Å². The first-order valence-corrected chi connectivity index (χ1v) is 3.62. The molecule has 0 aliphatic carbocycles. The number of hydrogen-bond acceptors (Lipinski definition) is 3. The second kappa shape index (κ2) is 4.26. The fourth-order valence-electron chi connectivity index (χ4n) is 0.837. The fraction of sp³-hybridized carbons (Fsp3) is 0.250. The third kappa shape index (κ3) is 2.44. The Labute approximate surface area is 71.8 Å². The van der Waals surface area contributed by atoms with E-state index in [1.807, 2.05) is 24.3 Å². The number of ether oxygens (including phenoxy) is 1. The lowest BCUT2D eigenvalue weighted by Gasteiger charge is -2.01. The SMILES string of the molecule is COc1cccc(COS)c1. The summed E-state index contributed by atoms with van der Waals surface area (Å²) < 4.78 is 9.69. The smallest absolute Gasteiger partial charge is 0.119 e. The lowest BCUT2D eigenvalue weighted by Crippen LogP contribution is -1.86. The Bertz CT molecular complexity index is 225. The predicted octanol–water partition coefficient (Wildman–Crippen LogP) is 2.06. The van der Waals surface area contributed by atoms with Gasteiger partial charge < -0.3 is 8.92 Å². The summed E-state index contributed by atoms with van der Waals surface area (Å²) in [7, 11) is 1.64. The summed E-state index contributed by atoms with van der Waals surface area (Å²) in [6, 6.07) is 7.68. The van der Waals surface area contributed by atoms with Crippen LogP contribution in [0.5, 0.6) is 5.75 Å². The average Bonchev–Trinajstić information content (AvgIpc) is 2.06. The van der Waals surface area contributed by atoms with E-state index >= 15 is 0 Å². The highest BCUT2D eigenvalue weighted by molar-refractivity contribution is 7.75. The summed E-state index contributed by atoms with van der Waals surface area (Å²) in [5.74, 6) is 0.841. The number of thiol groups is 1. The van der Waals surface area contributed by atoms with Crippen molar-refractivity contribution in [3.8, 4) is 5.75 Å². The maximum atomic E-state index is 5.02. The molecule has 0 N–H and O–H groups in total. The molecular formula is C8H10O2S. The molecule has 0 saturated carbocycles. The molecule has 0 saturated heterocycles. The highest BCUT2D eigenvalue weighted by atomic mass is 32.1. The van der Waals surface area contributed by atoms with Crippen molar-refractivity contribution in [3.05, 3.63) is 29.8 Å². The molecule has 3 heteroatoms. The van der Waals surface area contributed by atoms with E-state index in [9.17, 15) is 0 Å². The largest absolute Gasteiger partial charge is 0.497 e. The molecule has 0 amide bonds. The fourth-order valence-corrected chi connectivity index (χ4v) is 0.986. The maximum absolute atomic E-state index is 5.02. The molecule has 0 aromatic heterocycles. The van der Waals surface area contributed by atoms with E-state index in [2.05, 4.69) is 17.1 Å². The van der Waals surface area contributed by atoms with Crippen molar-refractivity contribution in [2.75, 3.05) is 7.11 Å². The number of hydrogen-bond donors (Lipinski definition) is 1. The zero-order valence-electron chi connectivity index (χ0n) is 6.28. The van der Waals surface area contributed by atoms with Gasteiger partial charge >= 0.3 is 0 Å². The van der Waals surface area contributed by atoms with Crippen molar-refractivity contribution < 1.29 is 8.92 Å². The van der Waals surface area contributed by atoms with Crippen LogP contribution < -0.4 is 4.74 Å². The molecular weight excluding hydrogens is 160 g/mol. The lowest BCUT2D eigenvalue weighted by molar-refractivity contribution is 0.368. The van der Waals surface area contributed by atoms with Gasteiger partial charge in [-0.1, -0.05) is 12.1 Å². The van der Waals surface area contributed by atoms with Gasteiger partial charge in [-0.2, -0.15) is 0 Å². The Morgan fingerprint density at radius 2 is 2.27 bits per heavy atom. The molecule has 2 nitrogen and oxygen atoms in total. The summed E-state index contributed by atoms with van der Waals surface area (Å²) >= 11 is 3.65. The number of methoxy groups -OCH3 is 1. The van der Waals surface area contributed by atoms with Gasteiger partial charge in [-0.05, 0) is 30.6 Å². The Hall–Kier alpha value is -0.670. The summed E-state index contributed by atoms with van der Waals surface area (Å²) in [6.07, 6.45) is 0. The third-order valence-electron chi connectivity index (χ3n) is 1.37. The van der Waals surface area contributed by atoms with E-state index in [1.165, 1.54) is 0 Å². The van der Waals surface area contributed by atoms with Crippen molar-refractivity contribution in [2.45, 2.75) is 6.61 Å². The lowest BCUT2D eigenvalue weighted by atomic mass is 10.2. The van der Waals surface area contributed by atoms with Gasteiger partial charge in [0.1, 0.15) is 5.75 Å². The molecule has 0 heterocycles. The molecule has 0 bridgehead atoms. The van der Waals surface area contributed by atoms with Gasteiger partial charge in [-0.15, -0.1) is 0 Å². The van der Waals surface area contributed by atoms with Crippen LogP contribution in [0.4, 0.5) is 0 Å². The van der Waals surface area contributed by atoms with Crippen molar-refractivity contribution in [3.63, 3.8) is 0 Å². The normalized spacial score (nSPS) is 9.64. The Balaban J connectivity index is 2.74. The molecule has 0 radical (unpaired) electrons. The van der Waals surface area contributed by atoms with Crippen LogP contribution in [0.15, 0.2) is 24.3 Å². The van der Waals surface area contributed by atoms with Crippen LogP contribution in [0.2, 0.25) is 0 Å². The zero-order chi connectivity index (χ0) is 8.10. The molecule has 1 aromatic rings. The van der Waals surface area contributed by atoms with Gasteiger partial charge in [0.25, 0.3) is 0 Å². The highest BCUT2D eigenvalue weighted by Gasteiger charge is 1.93. The van der Waals surface area contributed by atoms with Gasteiger partial charge in [-0.3, -0.25) is 0 Å². The highest BCUT2D eigenvalue weighted by Crippen LogP contribution is 2.13. The first kappa shape index (κ1) is 8.43. The maximum Gasteiger partial charge on any atom is 0.119 e. The summed E-state index contributed by atoms with van der Waals surface area (Å²) in [5.41, 5.74) is 1.05. The van der Waals surface area contributed by atoms with E-state index in [0.29, 0.717) is 6.61 Å². The minimum absolute atomic E-state index is 0.500. The molecule has 1 rings (SSSR count). The molecule has 60 valence electrons. The quantitative estimate of drug-likeness (QED) is 0.553. The van der Waals surface area contributed by atoms with Gasteiger partial charge in [0.05, 0.1) is 13.7 Å². The van der Waals surface area contributed by atoms with E-state index in [4.69, 9.17) is 4.74 Å². The van der Waals surface area contributed by atoms with Crippen LogP contribution >= 0.6 is 12.9 Å². The minimum atomic E-state index is 0.500. The van der Waals surface area contributed by atoms with E-state index in [0.717, 1.165) is 11.3 Å². The van der Waals surface area contributed by atoms with Crippen molar-refractivity contribution in [1.82, 2.24) is 0 Å². The van der Waals surface area contributed by atoms with Crippen molar-refractivity contribution in [2.24, 2.45) is 0 Å². The van der Waals surface area contributed by atoms with E-state index in [-0.39, 0.29) is 0 Å². The second-order valence-corrected chi connectivity index (χ2v) is 2.38. The summed E-state index contributed by atoms with van der Waals surface area (Å²) in [5, 5.41) is 0. The third-order valence-corrected chi connectivity index (χ3v) is 1.49. The molecule has 0 spiro atoms. The monoisotopic (exact) mass is 170 g/mol. The molecule has 0 aliphatic rings. The standard InChI is InChI=1S/C8H10O2S/c1-9-8-4-2-3-7(5-8)6-10-11/h2-5,11H,6H2,1H3. The number of rotatable bonds is 3. The average molecular weight is 170 g/mol. The molecule has 0 aliphatic heterocycles. The first-order valence-electron chi connectivity index (χ1n) is 3.26. The topological polar surface area (TPSA) is 18.5 Å². The van der Waals surface area contributed by atoms with Crippen LogP contribution in [-0.2, 0) is 10.8 Å². The first-order chi connectivity index (χ1) is 5.36. The molecule has 0 unspecified atom stereocenters. The van der Waals surface area contributed by atoms with Crippen molar-refractivity contribution in [1.29, 1.82) is 0 Å². The molecule has 0 atom stereocenters. The summed E-state index contributed by atoms with van der Waals surface area (Å²) in [4.78, 5) is 0. The number of benzene rings is 1. The van der Waals surface area contributed by atoms with Crippen LogP contribution in [0.1, 0.15) is 5.56 Å². The zero-order valence-corrected chi connectivity index (χ0v) is 7.17. The molecule has 0 fully saturated rings. The van der Waals surface area contributed by atoms with E-state index in [1.54, 1.807) is 7.11 Å². The van der Waals surface area contributed by atoms with Crippen LogP contribution in [0.3, 0.4) is 0 Å². The minimum Gasteiger partial charge on any atom is -0.497 e. The van der Waals surface area contributed by atoms with Crippen LogP contribution in [0.25, 0.3) is 0 Å². The van der Waals surface area contributed by atoms with Gasteiger partial charge in [0.2, 0.25) is 0 Å². The molecule has 11 heavy (non-hydrogen) atoms. The Morgan fingerprint density at radius 1 is 1.45 bits per heavy atom. The van der Waals surface area contributed by atoms with Gasteiger partial charge in [-0.25, -0.2) is 0 Å². The van der Waals surface area contributed by atoms with Gasteiger partial charge in [0.15, 0.2) is 0 Å². The summed E-state index contributed by atoms with van der Waals surface area (Å²) in [6.45, 7) is 0.500. The molecule has 1 aromatic carbocycles. The van der Waals surface area contributed by atoms with Crippen LogP contribution in [0, 0.1) is 0 Å². The second-order valence-electron chi connectivity index (χ2n) is 2.12. The Morgan fingerprint density at radius 3 is 2.91 bits per heavy atom. The Kier molecular flexibility index (Phi) is 3.26. The predicted molar refractivity (Wildman–Crippen MR) is 46.8 cm³/mol. The van der Waals surface area contributed by atoms with Crippen molar-refractivity contribution >= 4 is 12.9 Å². The van der Waals surface area contributed by atoms with Gasteiger partial charge in [0, 0.05) is 0 Å².